The van der Waals surface area contributed by atoms with E-state index in [0.29, 0.717) is 0 Å². The summed E-state index contributed by atoms with van der Waals surface area (Å²) in [6, 6.07) is 13.2. The van der Waals surface area contributed by atoms with E-state index in [2.05, 4.69) is 49.6 Å². The van der Waals surface area contributed by atoms with E-state index >= 15 is 0 Å². The molecule has 0 radical (unpaired) electrons. The van der Waals surface area contributed by atoms with Crippen LogP contribution in [0.4, 0.5) is 0 Å². The highest BCUT2D eigenvalue weighted by Crippen LogP contribution is 2.22. The van der Waals surface area contributed by atoms with Crippen molar-refractivity contribution < 1.29 is 0 Å². The van der Waals surface area contributed by atoms with Gasteiger partial charge in [0, 0.05) is 11.8 Å². The van der Waals surface area contributed by atoms with Crippen LogP contribution in [-0.2, 0) is 0 Å². The molecule has 1 nitrogen and oxygen atoms in total. The van der Waals surface area contributed by atoms with Crippen LogP contribution < -0.4 is 5.73 Å². The summed E-state index contributed by atoms with van der Waals surface area (Å²) in [6.45, 7) is 2.12. The smallest absolute Gasteiger partial charge is 0.0386 e. The van der Waals surface area contributed by atoms with Crippen LogP contribution in [0.3, 0.4) is 0 Å². The first kappa shape index (κ1) is 11.5. The lowest BCUT2D eigenvalue weighted by Gasteiger charge is -2.11. The zero-order chi connectivity index (χ0) is 11.5. The van der Waals surface area contributed by atoms with Crippen molar-refractivity contribution in [1.29, 1.82) is 0 Å². The Hall–Kier alpha value is -0.990. The predicted molar refractivity (Wildman–Crippen MR) is 74.0 cm³/mol. The van der Waals surface area contributed by atoms with E-state index < -0.39 is 0 Å². The lowest BCUT2D eigenvalue weighted by molar-refractivity contribution is 0.834. The number of rotatable bonds is 3. The normalized spacial score (nSPS) is 12.9. The quantitative estimate of drug-likeness (QED) is 0.874. The topological polar surface area (TPSA) is 26.0 Å². The number of nitrogens with two attached hydrogens (primary N) is 1. The van der Waals surface area contributed by atoms with Crippen molar-refractivity contribution >= 4 is 22.5 Å². The minimum Gasteiger partial charge on any atom is -0.323 e. The third-order valence-corrected chi connectivity index (χ3v) is 3.49. The Morgan fingerprint density at radius 2 is 1.81 bits per heavy atom. The number of fused-ring (bicyclic) bond motifs is 1. The highest BCUT2D eigenvalue weighted by Gasteiger charge is 2.05. The van der Waals surface area contributed by atoms with E-state index in [9.17, 15) is 0 Å². The van der Waals surface area contributed by atoms with Crippen LogP contribution in [0.2, 0.25) is 0 Å². The molecule has 16 heavy (non-hydrogen) atoms. The van der Waals surface area contributed by atoms with Gasteiger partial charge in [0.25, 0.3) is 0 Å². The Balaban J connectivity index is 2.40. The van der Waals surface area contributed by atoms with Crippen molar-refractivity contribution in [3.05, 3.63) is 47.5 Å². The maximum absolute atomic E-state index is 6.11. The molecule has 2 aromatic carbocycles. The highest BCUT2D eigenvalue weighted by atomic mass is 32.2. The maximum Gasteiger partial charge on any atom is 0.0386 e. The minimum absolute atomic E-state index is 0.140. The lowest BCUT2D eigenvalue weighted by atomic mass is 10.0. The van der Waals surface area contributed by atoms with E-state index in [-0.39, 0.29) is 6.04 Å². The van der Waals surface area contributed by atoms with Crippen LogP contribution in [0, 0.1) is 6.92 Å². The molecule has 2 heteroatoms. The molecule has 0 aliphatic carbocycles. The van der Waals surface area contributed by atoms with Gasteiger partial charge in [0.1, 0.15) is 0 Å². The standard InChI is InChI=1S/C14H17NS/c1-10-3-4-12-8-13(14(15)9-16-2)6-5-11(12)7-10/h3-8,14H,9,15H2,1-2H3. The van der Waals surface area contributed by atoms with Crippen molar-refractivity contribution in [2.24, 2.45) is 5.73 Å². The van der Waals surface area contributed by atoms with Gasteiger partial charge in [0.05, 0.1) is 0 Å². The van der Waals surface area contributed by atoms with Gasteiger partial charge < -0.3 is 5.73 Å². The minimum atomic E-state index is 0.140. The van der Waals surface area contributed by atoms with E-state index in [1.807, 2.05) is 0 Å². The maximum atomic E-state index is 6.11. The summed E-state index contributed by atoms with van der Waals surface area (Å²) in [5, 5.41) is 2.57. The Kier molecular flexibility index (Phi) is 3.52. The summed E-state index contributed by atoms with van der Waals surface area (Å²) in [6.07, 6.45) is 2.09. The van der Waals surface area contributed by atoms with Crippen LogP contribution in [0.1, 0.15) is 17.2 Å². The lowest BCUT2D eigenvalue weighted by Crippen LogP contribution is -2.12. The van der Waals surface area contributed by atoms with E-state index in [4.69, 9.17) is 5.73 Å². The van der Waals surface area contributed by atoms with Gasteiger partial charge in [-0.2, -0.15) is 11.8 Å². The average molecular weight is 231 g/mol. The third kappa shape index (κ3) is 2.39. The van der Waals surface area contributed by atoms with E-state index in [0.717, 1.165) is 5.75 Å². The highest BCUT2D eigenvalue weighted by molar-refractivity contribution is 7.98. The van der Waals surface area contributed by atoms with Gasteiger partial charge >= 0.3 is 0 Å². The number of hydrogen-bond acceptors (Lipinski definition) is 2. The van der Waals surface area contributed by atoms with Crippen molar-refractivity contribution in [2.75, 3.05) is 12.0 Å². The van der Waals surface area contributed by atoms with Gasteiger partial charge in [-0.3, -0.25) is 0 Å². The molecule has 2 aromatic rings. The Morgan fingerprint density at radius 1 is 1.12 bits per heavy atom. The molecule has 0 saturated heterocycles. The molecule has 2 N–H and O–H groups in total. The number of hydrogen-bond donors (Lipinski definition) is 1. The van der Waals surface area contributed by atoms with Crippen LogP contribution in [0.5, 0.6) is 0 Å². The largest absolute Gasteiger partial charge is 0.323 e. The molecular formula is C14H17NS. The molecule has 0 aromatic heterocycles. The summed E-state index contributed by atoms with van der Waals surface area (Å²) >= 11 is 1.79. The molecule has 0 spiro atoms. The predicted octanol–water partition coefficient (Wildman–Crippen LogP) is 3.51. The fourth-order valence-electron chi connectivity index (χ4n) is 1.89. The molecule has 2 rings (SSSR count). The van der Waals surface area contributed by atoms with Crippen LogP contribution in [-0.4, -0.2) is 12.0 Å². The Labute approximate surface area is 101 Å². The summed E-state index contributed by atoms with van der Waals surface area (Å²) in [5.74, 6) is 0.970. The molecule has 84 valence electrons. The molecule has 0 fully saturated rings. The number of thioether (sulfide) groups is 1. The summed E-state index contributed by atoms with van der Waals surface area (Å²) in [7, 11) is 0. The van der Waals surface area contributed by atoms with E-state index in [1.54, 1.807) is 11.8 Å². The molecule has 0 bridgehead atoms. The first-order chi connectivity index (χ1) is 7.70. The number of benzene rings is 2. The van der Waals surface area contributed by atoms with Crippen molar-refractivity contribution in [1.82, 2.24) is 0 Å². The van der Waals surface area contributed by atoms with Crippen molar-refractivity contribution in [3.8, 4) is 0 Å². The van der Waals surface area contributed by atoms with Crippen LogP contribution in [0.25, 0.3) is 10.8 Å². The first-order valence-corrected chi connectivity index (χ1v) is 6.85. The molecule has 1 atom stereocenters. The second-order valence-electron chi connectivity index (χ2n) is 4.17. The summed E-state index contributed by atoms with van der Waals surface area (Å²) in [5.41, 5.74) is 8.63. The molecule has 0 heterocycles. The molecule has 0 saturated carbocycles. The first-order valence-electron chi connectivity index (χ1n) is 5.45. The fraction of sp³-hybridized carbons (Fsp3) is 0.286. The van der Waals surface area contributed by atoms with E-state index in [1.165, 1.54) is 21.9 Å². The third-order valence-electron chi connectivity index (χ3n) is 2.79. The molecule has 0 aliphatic heterocycles. The monoisotopic (exact) mass is 231 g/mol. The van der Waals surface area contributed by atoms with Crippen LogP contribution >= 0.6 is 11.8 Å². The average Bonchev–Trinajstić information content (AvgIpc) is 2.28. The number of aryl methyl sites for hydroxylation is 1. The molecule has 1 unspecified atom stereocenters. The second kappa shape index (κ2) is 4.89. The van der Waals surface area contributed by atoms with Gasteiger partial charge in [0.15, 0.2) is 0 Å². The van der Waals surface area contributed by atoms with Crippen LogP contribution in [0.15, 0.2) is 36.4 Å². The molecule has 0 amide bonds. The zero-order valence-electron chi connectivity index (χ0n) is 9.73. The Bertz CT molecular complexity index is 493. The van der Waals surface area contributed by atoms with Gasteiger partial charge in [-0.25, -0.2) is 0 Å². The zero-order valence-corrected chi connectivity index (χ0v) is 10.6. The Morgan fingerprint density at radius 3 is 2.56 bits per heavy atom. The van der Waals surface area contributed by atoms with Crippen molar-refractivity contribution in [2.45, 2.75) is 13.0 Å². The summed E-state index contributed by atoms with van der Waals surface area (Å²) < 4.78 is 0. The molecule has 0 aliphatic rings. The fourth-order valence-corrected chi connectivity index (χ4v) is 2.44. The van der Waals surface area contributed by atoms with Gasteiger partial charge in [-0.1, -0.05) is 35.9 Å². The van der Waals surface area contributed by atoms with Gasteiger partial charge in [0.2, 0.25) is 0 Å². The molecular weight excluding hydrogens is 214 g/mol. The van der Waals surface area contributed by atoms with Gasteiger partial charge in [-0.15, -0.1) is 0 Å². The van der Waals surface area contributed by atoms with Crippen molar-refractivity contribution in [3.63, 3.8) is 0 Å². The summed E-state index contributed by atoms with van der Waals surface area (Å²) in [4.78, 5) is 0. The second-order valence-corrected chi connectivity index (χ2v) is 5.08. The SMILES string of the molecule is CSCC(N)c1ccc2cc(C)ccc2c1. The van der Waals surface area contributed by atoms with Gasteiger partial charge in [-0.05, 0) is 35.6 Å².